The van der Waals surface area contributed by atoms with Crippen LogP contribution in [-0.4, -0.2) is 53.8 Å². The van der Waals surface area contributed by atoms with Gasteiger partial charge in [0.2, 0.25) is 0 Å². The van der Waals surface area contributed by atoms with Crippen molar-refractivity contribution in [3.05, 3.63) is 65.2 Å². The molecule has 0 spiro atoms. The topological polar surface area (TPSA) is 96.0 Å². The first-order valence-electron chi connectivity index (χ1n) is 9.67. The van der Waals surface area contributed by atoms with Crippen molar-refractivity contribution >= 4 is 23.8 Å². The van der Waals surface area contributed by atoms with Gasteiger partial charge in [-0.25, -0.2) is 4.79 Å². The zero-order valence-electron chi connectivity index (χ0n) is 16.7. The van der Waals surface area contributed by atoms with Crippen LogP contribution < -0.4 is 10.1 Å². The molecule has 8 heteroatoms. The maximum absolute atomic E-state index is 13.2. The molecule has 1 atom stereocenters. The van der Waals surface area contributed by atoms with Crippen LogP contribution in [0.4, 0.5) is 4.79 Å². The molecule has 2 aliphatic rings. The Bertz CT molecular complexity index is 1010. The summed E-state index contributed by atoms with van der Waals surface area (Å²) >= 11 is 0. The second-order valence-electron chi connectivity index (χ2n) is 7.18. The molecule has 5 amide bonds. The van der Waals surface area contributed by atoms with Crippen LogP contribution in [0.5, 0.6) is 5.75 Å². The molecule has 1 fully saturated rings. The Hall–Kier alpha value is -3.68. The van der Waals surface area contributed by atoms with Gasteiger partial charge in [-0.2, -0.15) is 0 Å². The molecule has 0 radical (unpaired) electrons. The van der Waals surface area contributed by atoms with E-state index in [9.17, 15) is 19.2 Å². The molecule has 154 valence electrons. The number of methoxy groups -OCH3 is 1. The average molecular weight is 407 g/mol. The van der Waals surface area contributed by atoms with Crippen molar-refractivity contribution in [2.75, 3.05) is 20.2 Å². The zero-order valence-corrected chi connectivity index (χ0v) is 16.7. The zero-order chi connectivity index (χ0) is 21.5. The number of rotatable bonds is 6. The van der Waals surface area contributed by atoms with Crippen molar-refractivity contribution in [3.63, 3.8) is 0 Å². The largest absolute Gasteiger partial charge is 0.497 e. The molecule has 8 nitrogen and oxygen atoms in total. The Morgan fingerprint density at radius 1 is 0.867 bits per heavy atom. The van der Waals surface area contributed by atoms with Crippen molar-refractivity contribution in [1.82, 2.24) is 15.1 Å². The quantitative estimate of drug-likeness (QED) is 0.585. The van der Waals surface area contributed by atoms with Gasteiger partial charge < -0.3 is 10.1 Å². The third kappa shape index (κ3) is 2.83. The summed E-state index contributed by atoms with van der Waals surface area (Å²) in [5.41, 5.74) is 0.125. The molecule has 0 aromatic heterocycles. The molecule has 4 rings (SSSR count). The minimum Gasteiger partial charge on any atom is -0.497 e. The van der Waals surface area contributed by atoms with Gasteiger partial charge in [-0.3, -0.25) is 24.2 Å². The molecule has 30 heavy (non-hydrogen) atoms. The third-order valence-corrected chi connectivity index (χ3v) is 5.71. The Morgan fingerprint density at radius 2 is 1.43 bits per heavy atom. The van der Waals surface area contributed by atoms with Gasteiger partial charge in [0, 0.05) is 13.1 Å². The first-order valence-corrected chi connectivity index (χ1v) is 9.67. The Morgan fingerprint density at radius 3 is 1.97 bits per heavy atom. The van der Waals surface area contributed by atoms with Gasteiger partial charge in [-0.15, -0.1) is 0 Å². The number of hydrogen-bond acceptors (Lipinski definition) is 5. The van der Waals surface area contributed by atoms with Gasteiger partial charge in [-0.1, -0.05) is 31.2 Å². The number of amides is 5. The summed E-state index contributed by atoms with van der Waals surface area (Å²) in [6, 6.07) is 13.0. The van der Waals surface area contributed by atoms with E-state index >= 15 is 0 Å². The number of nitrogens with one attached hydrogen (secondary N) is 1. The van der Waals surface area contributed by atoms with Crippen LogP contribution in [0.25, 0.3) is 0 Å². The first kappa shape index (κ1) is 19.6. The molecule has 0 saturated carbocycles. The maximum Gasteiger partial charge on any atom is 0.325 e. The summed E-state index contributed by atoms with van der Waals surface area (Å²) in [5, 5.41) is 2.79. The minimum absolute atomic E-state index is 0.0616. The van der Waals surface area contributed by atoms with E-state index in [-0.39, 0.29) is 13.1 Å². The van der Waals surface area contributed by atoms with Crippen LogP contribution in [0.1, 0.15) is 39.6 Å². The normalized spacial score (nSPS) is 20.6. The number of nitrogens with zero attached hydrogens (tertiary/aromatic N) is 2. The molecule has 2 heterocycles. The van der Waals surface area contributed by atoms with Gasteiger partial charge in [0.05, 0.1) is 18.2 Å². The predicted octanol–water partition coefficient (Wildman–Crippen LogP) is 2.15. The lowest BCUT2D eigenvalue weighted by molar-refractivity contribution is -0.131. The fourth-order valence-electron chi connectivity index (χ4n) is 3.99. The van der Waals surface area contributed by atoms with Crippen LogP contribution in [0.2, 0.25) is 0 Å². The third-order valence-electron chi connectivity index (χ3n) is 5.71. The summed E-state index contributed by atoms with van der Waals surface area (Å²) in [7, 11) is 1.55. The van der Waals surface area contributed by atoms with E-state index in [1.807, 2.05) is 6.92 Å². The number of benzene rings is 2. The molecule has 1 unspecified atom stereocenters. The highest BCUT2D eigenvalue weighted by Crippen LogP contribution is 2.33. The molecular formula is C22H21N3O5. The fourth-order valence-corrected chi connectivity index (χ4v) is 3.99. The summed E-state index contributed by atoms with van der Waals surface area (Å²) < 4.78 is 5.16. The average Bonchev–Trinajstić information content (AvgIpc) is 3.17. The number of carbonyl (C=O) groups excluding carboxylic acids is 4. The molecule has 2 aromatic carbocycles. The van der Waals surface area contributed by atoms with Gasteiger partial charge in [0.25, 0.3) is 17.7 Å². The highest BCUT2D eigenvalue weighted by molar-refractivity contribution is 6.21. The number of imide groups is 2. The second-order valence-corrected chi connectivity index (χ2v) is 7.18. The van der Waals surface area contributed by atoms with Crippen LogP contribution in [-0.2, 0) is 10.3 Å². The van der Waals surface area contributed by atoms with Crippen molar-refractivity contribution in [2.24, 2.45) is 0 Å². The van der Waals surface area contributed by atoms with Gasteiger partial charge in [0.1, 0.15) is 11.3 Å². The molecular weight excluding hydrogens is 386 g/mol. The molecule has 2 aromatic rings. The maximum atomic E-state index is 13.2. The SMILES string of the molecule is CCC1(c2ccc(OC)cc2)NC(=O)N(CCN2C(=O)c3ccccc3C2=O)C1=O. The van der Waals surface area contributed by atoms with Crippen molar-refractivity contribution in [1.29, 1.82) is 0 Å². The van der Waals surface area contributed by atoms with Crippen molar-refractivity contribution in [2.45, 2.75) is 18.9 Å². The number of hydrogen-bond donors (Lipinski definition) is 1. The second kappa shape index (κ2) is 7.29. The van der Waals surface area contributed by atoms with E-state index in [1.54, 1.807) is 55.6 Å². The summed E-state index contributed by atoms with van der Waals surface area (Å²) in [4.78, 5) is 53.1. The van der Waals surface area contributed by atoms with Gasteiger partial charge in [-0.05, 0) is 36.2 Å². The van der Waals surface area contributed by atoms with E-state index in [2.05, 4.69) is 5.32 Å². The van der Waals surface area contributed by atoms with E-state index in [0.717, 1.165) is 9.80 Å². The molecule has 0 bridgehead atoms. The minimum atomic E-state index is -1.19. The van der Waals surface area contributed by atoms with Crippen molar-refractivity contribution < 1.29 is 23.9 Å². The lowest BCUT2D eigenvalue weighted by Crippen LogP contribution is -2.44. The standard InChI is InChI=1S/C22H21N3O5/c1-3-22(14-8-10-15(30-2)11-9-14)20(28)25(21(29)23-22)13-12-24-18(26)16-6-4-5-7-17(16)19(24)27/h4-11H,3,12-13H2,1-2H3,(H,23,29). The molecule has 0 aliphatic carbocycles. The number of fused-ring (bicyclic) bond motifs is 1. The smallest absolute Gasteiger partial charge is 0.325 e. The van der Waals surface area contributed by atoms with Crippen LogP contribution >= 0.6 is 0 Å². The van der Waals surface area contributed by atoms with Crippen LogP contribution in [0.15, 0.2) is 48.5 Å². The predicted molar refractivity (Wildman–Crippen MR) is 107 cm³/mol. The Balaban J connectivity index is 1.53. The van der Waals surface area contributed by atoms with Crippen LogP contribution in [0, 0.1) is 0 Å². The lowest BCUT2D eigenvalue weighted by atomic mass is 9.87. The molecule has 1 N–H and O–H groups in total. The molecule has 2 aliphatic heterocycles. The van der Waals surface area contributed by atoms with Crippen LogP contribution in [0.3, 0.4) is 0 Å². The highest BCUT2D eigenvalue weighted by Gasteiger charge is 2.51. The van der Waals surface area contributed by atoms with E-state index in [4.69, 9.17) is 4.74 Å². The Kier molecular flexibility index (Phi) is 4.77. The number of carbonyl (C=O) groups is 4. The Labute approximate surface area is 173 Å². The molecule has 1 saturated heterocycles. The van der Waals surface area contributed by atoms with E-state index in [0.29, 0.717) is 28.9 Å². The summed E-state index contributed by atoms with van der Waals surface area (Å²) in [5.74, 6) is -0.597. The highest BCUT2D eigenvalue weighted by atomic mass is 16.5. The van der Waals surface area contributed by atoms with E-state index in [1.165, 1.54) is 0 Å². The van der Waals surface area contributed by atoms with E-state index < -0.39 is 29.3 Å². The monoisotopic (exact) mass is 407 g/mol. The number of urea groups is 1. The van der Waals surface area contributed by atoms with Crippen molar-refractivity contribution in [3.8, 4) is 5.75 Å². The summed E-state index contributed by atoms with van der Waals surface area (Å²) in [6.07, 6.45) is 0.355. The fraction of sp³-hybridized carbons (Fsp3) is 0.273. The first-order chi connectivity index (χ1) is 14.4. The number of ether oxygens (including phenoxy) is 1. The lowest BCUT2D eigenvalue weighted by Gasteiger charge is -2.26. The summed E-state index contributed by atoms with van der Waals surface area (Å²) in [6.45, 7) is 1.68. The van der Waals surface area contributed by atoms with Gasteiger partial charge in [0.15, 0.2) is 0 Å². The van der Waals surface area contributed by atoms with Gasteiger partial charge >= 0.3 is 6.03 Å².